The Labute approximate surface area is 66.0 Å². The lowest BCUT2D eigenvalue weighted by Crippen LogP contribution is -2.14. The van der Waals surface area contributed by atoms with Crippen LogP contribution in [0.25, 0.3) is 0 Å². The summed E-state index contributed by atoms with van der Waals surface area (Å²) in [5.41, 5.74) is 1.07. The molecule has 1 heteroatoms. The molecule has 0 amide bonds. The fourth-order valence-electron chi connectivity index (χ4n) is 0.736. The van der Waals surface area contributed by atoms with Crippen molar-refractivity contribution in [3.05, 3.63) is 12.3 Å². The van der Waals surface area contributed by atoms with Crippen molar-refractivity contribution in [3.8, 4) is 0 Å². The van der Waals surface area contributed by atoms with Crippen LogP contribution in [0.15, 0.2) is 12.3 Å². The molecule has 0 aliphatic heterocycles. The Morgan fingerprint density at radius 2 is 2.30 bits per heavy atom. The fourth-order valence-corrected chi connectivity index (χ4v) is 0.736. The van der Waals surface area contributed by atoms with Gasteiger partial charge in [0.05, 0.1) is 0 Å². The maximum Gasteiger partial charge on any atom is 0.0146 e. The van der Waals surface area contributed by atoms with Gasteiger partial charge in [0.2, 0.25) is 0 Å². The minimum Gasteiger partial charge on any atom is -0.389 e. The molecular weight excluding hydrogens is 122 g/mol. The minimum atomic E-state index is 0. The summed E-state index contributed by atoms with van der Waals surface area (Å²) in [6, 6.07) is 0. The van der Waals surface area contributed by atoms with Gasteiger partial charge in [0, 0.05) is 13.7 Å². The Morgan fingerprint density at radius 3 is 2.70 bits per heavy atom. The van der Waals surface area contributed by atoms with Gasteiger partial charge < -0.3 is 5.32 Å². The van der Waals surface area contributed by atoms with E-state index < -0.39 is 0 Å². The van der Waals surface area contributed by atoms with Crippen molar-refractivity contribution in [2.75, 3.05) is 6.54 Å². The van der Waals surface area contributed by atoms with E-state index in [0.29, 0.717) is 0 Å². The van der Waals surface area contributed by atoms with Gasteiger partial charge >= 0.3 is 0 Å². The predicted octanol–water partition coefficient (Wildman–Crippen LogP) is 2.79. The first-order chi connectivity index (χ1) is 4.66. The SMILES string of the molecule is C=C(C)NCCC(C)CC.[HH]. The zero-order valence-electron chi connectivity index (χ0n) is 7.41. The molecule has 0 spiro atoms. The second-order valence-electron chi connectivity index (χ2n) is 3.01. The highest BCUT2D eigenvalue weighted by Gasteiger charge is 1.96. The molecule has 0 saturated heterocycles. The number of hydrogen-bond acceptors (Lipinski definition) is 1. The van der Waals surface area contributed by atoms with Crippen LogP contribution in [-0.2, 0) is 0 Å². The van der Waals surface area contributed by atoms with Gasteiger partial charge in [-0.25, -0.2) is 0 Å². The summed E-state index contributed by atoms with van der Waals surface area (Å²) in [6.07, 6.45) is 2.53. The third-order valence-corrected chi connectivity index (χ3v) is 1.76. The molecule has 10 heavy (non-hydrogen) atoms. The molecule has 1 unspecified atom stereocenters. The normalized spacial score (nSPS) is 12.7. The standard InChI is InChI=1S/C9H19N.H2/c1-5-9(4)6-7-10-8(2)3;/h9-10H,2,5-7H2,1,3-4H3;1H. The minimum absolute atomic E-state index is 0. The lowest BCUT2D eigenvalue weighted by Gasteiger charge is -2.09. The second-order valence-corrected chi connectivity index (χ2v) is 3.01. The average molecular weight is 143 g/mol. The van der Waals surface area contributed by atoms with E-state index in [0.717, 1.165) is 18.2 Å². The molecule has 0 aliphatic carbocycles. The first-order valence-corrected chi connectivity index (χ1v) is 4.06. The first-order valence-electron chi connectivity index (χ1n) is 4.06. The van der Waals surface area contributed by atoms with E-state index in [-0.39, 0.29) is 1.43 Å². The number of nitrogens with one attached hydrogen (secondary N) is 1. The van der Waals surface area contributed by atoms with E-state index in [1.807, 2.05) is 6.92 Å². The van der Waals surface area contributed by atoms with Gasteiger partial charge in [0.25, 0.3) is 0 Å². The summed E-state index contributed by atoms with van der Waals surface area (Å²) in [6.45, 7) is 11.3. The average Bonchev–Trinajstić information content (AvgIpc) is 1.87. The molecule has 1 nitrogen and oxygen atoms in total. The summed E-state index contributed by atoms with van der Waals surface area (Å²) in [5, 5.41) is 3.22. The van der Waals surface area contributed by atoms with Gasteiger partial charge in [-0.3, -0.25) is 0 Å². The highest BCUT2D eigenvalue weighted by Crippen LogP contribution is 2.04. The van der Waals surface area contributed by atoms with Crippen LogP contribution in [0.1, 0.15) is 35.0 Å². The largest absolute Gasteiger partial charge is 0.389 e. The molecule has 0 fully saturated rings. The highest BCUT2D eigenvalue weighted by molar-refractivity contribution is 4.83. The fraction of sp³-hybridized carbons (Fsp3) is 0.778. The van der Waals surface area contributed by atoms with Crippen LogP contribution < -0.4 is 5.32 Å². The van der Waals surface area contributed by atoms with Crippen molar-refractivity contribution in [3.63, 3.8) is 0 Å². The lowest BCUT2D eigenvalue weighted by atomic mass is 10.1. The van der Waals surface area contributed by atoms with Crippen LogP contribution in [0.2, 0.25) is 0 Å². The van der Waals surface area contributed by atoms with Crippen molar-refractivity contribution in [2.45, 2.75) is 33.6 Å². The van der Waals surface area contributed by atoms with E-state index in [9.17, 15) is 0 Å². The Bertz CT molecular complexity index is 102. The maximum absolute atomic E-state index is 3.77. The Morgan fingerprint density at radius 1 is 1.70 bits per heavy atom. The Hall–Kier alpha value is -0.460. The van der Waals surface area contributed by atoms with E-state index >= 15 is 0 Å². The number of hydrogen-bond donors (Lipinski definition) is 1. The zero-order valence-corrected chi connectivity index (χ0v) is 7.41. The molecule has 0 rings (SSSR count). The van der Waals surface area contributed by atoms with Gasteiger partial charge in [0.15, 0.2) is 0 Å². The van der Waals surface area contributed by atoms with Gasteiger partial charge in [-0.05, 0) is 19.3 Å². The number of allylic oxidation sites excluding steroid dienone is 1. The topological polar surface area (TPSA) is 12.0 Å². The van der Waals surface area contributed by atoms with Crippen LogP contribution in [0, 0.1) is 5.92 Å². The summed E-state index contributed by atoms with van der Waals surface area (Å²) in [4.78, 5) is 0. The Kier molecular flexibility index (Phi) is 5.09. The van der Waals surface area contributed by atoms with Crippen LogP contribution in [0.3, 0.4) is 0 Å². The lowest BCUT2D eigenvalue weighted by molar-refractivity contribution is 0.504. The number of rotatable bonds is 5. The van der Waals surface area contributed by atoms with E-state index in [1.165, 1.54) is 12.8 Å². The molecule has 0 aromatic carbocycles. The molecule has 0 heterocycles. The molecule has 1 N–H and O–H groups in total. The third-order valence-electron chi connectivity index (χ3n) is 1.76. The van der Waals surface area contributed by atoms with Gasteiger partial charge in [-0.2, -0.15) is 0 Å². The summed E-state index contributed by atoms with van der Waals surface area (Å²) < 4.78 is 0. The van der Waals surface area contributed by atoms with Gasteiger partial charge in [-0.1, -0.05) is 26.8 Å². The smallest absolute Gasteiger partial charge is 0.0146 e. The molecule has 1 atom stereocenters. The van der Waals surface area contributed by atoms with Crippen LogP contribution >= 0.6 is 0 Å². The second kappa shape index (κ2) is 5.33. The van der Waals surface area contributed by atoms with E-state index in [2.05, 4.69) is 25.7 Å². The summed E-state index contributed by atoms with van der Waals surface area (Å²) in [7, 11) is 0. The Balaban J connectivity index is 0. The summed E-state index contributed by atoms with van der Waals surface area (Å²) in [5.74, 6) is 0.840. The molecule has 0 aliphatic rings. The van der Waals surface area contributed by atoms with Crippen LogP contribution in [-0.4, -0.2) is 6.54 Å². The van der Waals surface area contributed by atoms with Crippen molar-refractivity contribution < 1.29 is 1.43 Å². The molecule has 0 aromatic heterocycles. The van der Waals surface area contributed by atoms with Crippen molar-refractivity contribution >= 4 is 0 Å². The van der Waals surface area contributed by atoms with Crippen molar-refractivity contribution in [1.29, 1.82) is 0 Å². The van der Waals surface area contributed by atoms with E-state index in [1.54, 1.807) is 0 Å². The molecule has 0 radical (unpaired) electrons. The quantitative estimate of drug-likeness (QED) is 0.624. The maximum atomic E-state index is 3.77. The molecule has 0 aromatic rings. The molecular formula is C9H21N. The van der Waals surface area contributed by atoms with E-state index in [4.69, 9.17) is 0 Å². The van der Waals surface area contributed by atoms with Crippen LogP contribution in [0.4, 0.5) is 0 Å². The summed E-state index contributed by atoms with van der Waals surface area (Å²) >= 11 is 0. The molecule has 0 bridgehead atoms. The van der Waals surface area contributed by atoms with Gasteiger partial charge in [-0.15, -0.1) is 0 Å². The van der Waals surface area contributed by atoms with Gasteiger partial charge in [0.1, 0.15) is 0 Å². The monoisotopic (exact) mass is 143 g/mol. The molecule has 0 saturated carbocycles. The van der Waals surface area contributed by atoms with Crippen molar-refractivity contribution in [2.24, 2.45) is 5.92 Å². The first kappa shape index (κ1) is 9.54. The predicted molar refractivity (Wildman–Crippen MR) is 49.0 cm³/mol. The zero-order chi connectivity index (χ0) is 7.98. The van der Waals surface area contributed by atoms with Crippen LogP contribution in [0.5, 0.6) is 0 Å². The third kappa shape index (κ3) is 5.67. The molecule has 62 valence electrons. The highest BCUT2D eigenvalue weighted by atomic mass is 14.9. The van der Waals surface area contributed by atoms with Crippen molar-refractivity contribution in [1.82, 2.24) is 5.32 Å².